The Morgan fingerprint density at radius 3 is 2.27 bits per heavy atom. The minimum absolute atomic E-state index is 0.145. The van der Waals surface area contributed by atoms with Crippen molar-refractivity contribution in [3.05, 3.63) is 58.1 Å². The summed E-state index contributed by atoms with van der Waals surface area (Å²) in [6.07, 6.45) is 1.17. The summed E-state index contributed by atoms with van der Waals surface area (Å²) in [5.41, 5.74) is 5.15. The molecular weight excluding hydrogens is 469 g/mol. The molecule has 2 rings (SSSR count). The van der Waals surface area contributed by atoms with E-state index in [-0.39, 0.29) is 37.2 Å². The number of ether oxygens (including phenoxy) is 2. The highest BCUT2D eigenvalue weighted by Gasteiger charge is 2.12. The second-order valence-electron chi connectivity index (χ2n) is 6.91. The van der Waals surface area contributed by atoms with Crippen molar-refractivity contribution in [1.82, 2.24) is 16.2 Å². The molecule has 2 aromatic rings. The molecule has 0 heterocycles. The zero-order valence-electron chi connectivity index (χ0n) is 18.3. The van der Waals surface area contributed by atoms with Gasteiger partial charge in [0.25, 0.3) is 5.91 Å². The molecule has 0 atom stereocenters. The quantitative estimate of drug-likeness (QED) is 0.305. The van der Waals surface area contributed by atoms with Crippen LogP contribution in [0.4, 0.5) is 0 Å². The van der Waals surface area contributed by atoms with Crippen molar-refractivity contribution in [2.75, 3.05) is 19.8 Å². The van der Waals surface area contributed by atoms with Gasteiger partial charge in [-0.2, -0.15) is 0 Å². The largest absolute Gasteiger partial charge is 0.493 e. The second-order valence-corrected chi connectivity index (χ2v) is 7.76. The van der Waals surface area contributed by atoms with Crippen LogP contribution in [0.2, 0.25) is 10.0 Å². The molecule has 2 aromatic carbocycles. The van der Waals surface area contributed by atoms with Crippen LogP contribution in [0, 0.1) is 0 Å². The van der Waals surface area contributed by atoms with Crippen LogP contribution in [0.25, 0.3) is 0 Å². The lowest BCUT2D eigenvalue weighted by atomic mass is 10.2. The van der Waals surface area contributed by atoms with E-state index in [9.17, 15) is 14.4 Å². The maximum absolute atomic E-state index is 12.3. The van der Waals surface area contributed by atoms with Gasteiger partial charge in [0.15, 0.2) is 0 Å². The molecule has 0 aliphatic carbocycles. The number of rotatable bonds is 12. The van der Waals surface area contributed by atoms with Crippen LogP contribution in [0.5, 0.6) is 11.5 Å². The Balaban J connectivity index is 1.56. The topological polar surface area (TPSA) is 106 Å². The number of carbonyl (C=O) groups excluding carboxylic acids is 3. The molecule has 0 saturated heterocycles. The highest BCUT2D eigenvalue weighted by Crippen LogP contribution is 2.27. The van der Waals surface area contributed by atoms with Gasteiger partial charge in [-0.15, -0.1) is 0 Å². The Bertz CT molecular complexity index is 955. The first-order chi connectivity index (χ1) is 15.9. The lowest BCUT2D eigenvalue weighted by molar-refractivity contribution is -0.129. The Kier molecular flexibility index (Phi) is 11.3. The van der Waals surface area contributed by atoms with E-state index >= 15 is 0 Å². The van der Waals surface area contributed by atoms with Gasteiger partial charge in [-0.3, -0.25) is 25.2 Å². The molecule has 178 valence electrons. The van der Waals surface area contributed by atoms with Crippen LogP contribution in [0.3, 0.4) is 0 Å². The Labute approximate surface area is 202 Å². The van der Waals surface area contributed by atoms with Gasteiger partial charge in [-0.05, 0) is 50.1 Å². The molecular formula is C23H27Cl2N3O5. The summed E-state index contributed by atoms with van der Waals surface area (Å²) < 4.78 is 10.9. The maximum Gasteiger partial charge on any atom is 0.255 e. The van der Waals surface area contributed by atoms with E-state index in [4.69, 9.17) is 32.7 Å². The van der Waals surface area contributed by atoms with Gasteiger partial charge in [0.05, 0.1) is 23.8 Å². The molecule has 0 fully saturated rings. The molecule has 0 bridgehead atoms. The number of carbonyl (C=O) groups is 3. The third-order valence-electron chi connectivity index (χ3n) is 4.34. The Morgan fingerprint density at radius 1 is 0.879 bits per heavy atom. The first-order valence-electron chi connectivity index (χ1n) is 10.6. The van der Waals surface area contributed by atoms with Crippen molar-refractivity contribution in [1.29, 1.82) is 0 Å². The molecule has 0 aliphatic rings. The zero-order chi connectivity index (χ0) is 24.1. The molecule has 8 nitrogen and oxygen atoms in total. The molecule has 0 aliphatic heterocycles. The predicted molar refractivity (Wildman–Crippen MR) is 127 cm³/mol. The van der Waals surface area contributed by atoms with Gasteiger partial charge in [-0.25, -0.2) is 0 Å². The van der Waals surface area contributed by atoms with E-state index in [1.165, 1.54) is 0 Å². The van der Waals surface area contributed by atoms with Gasteiger partial charge >= 0.3 is 0 Å². The van der Waals surface area contributed by atoms with Crippen molar-refractivity contribution in [3.63, 3.8) is 0 Å². The molecule has 0 radical (unpaired) electrons. The number of hydrazine groups is 1. The normalized spacial score (nSPS) is 10.3. The SMILES string of the molecule is CCOc1ccccc1C(=O)NCCCC(=O)NNC(=O)CCCOc1ccc(Cl)cc1Cl. The zero-order valence-corrected chi connectivity index (χ0v) is 19.8. The van der Waals surface area contributed by atoms with Gasteiger partial charge in [-0.1, -0.05) is 35.3 Å². The lowest BCUT2D eigenvalue weighted by Crippen LogP contribution is -2.41. The van der Waals surface area contributed by atoms with Crippen LogP contribution >= 0.6 is 23.2 Å². The Hall–Kier alpha value is -2.97. The summed E-state index contributed by atoms with van der Waals surface area (Å²) >= 11 is 11.8. The molecule has 33 heavy (non-hydrogen) atoms. The first kappa shape index (κ1) is 26.3. The van der Waals surface area contributed by atoms with Crippen LogP contribution in [0.15, 0.2) is 42.5 Å². The van der Waals surface area contributed by atoms with E-state index < -0.39 is 0 Å². The fourth-order valence-electron chi connectivity index (χ4n) is 2.75. The fourth-order valence-corrected chi connectivity index (χ4v) is 3.22. The van der Waals surface area contributed by atoms with Crippen LogP contribution < -0.4 is 25.6 Å². The number of benzene rings is 2. The number of hydrogen-bond donors (Lipinski definition) is 3. The summed E-state index contributed by atoms with van der Waals surface area (Å²) in [5, 5.41) is 3.66. The van der Waals surface area contributed by atoms with Crippen LogP contribution in [-0.4, -0.2) is 37.5 Å². The monoisotopic (exact) mass is 495 g/mol. The highest BCUT2D eigenvalue weighted by molar-refractivity contribution is 6.35. The number of hydrogen-bond acceptors (Lipinski definition) is 5. The van der Waals surface area contributed by atoms with Crippen molar-refractivity contribution < 1.29 is 23.9 Å². The van der Waals surface area contributed by atoms with Crippen molar-refractivity contribution >= 4 is 40.9 Å². The van der Waals surface area contributed by atoms with E-state index in [1.807, 2.05) is 6.92 Å². The first-order valence-corrected chi connectivity index (χ1v) is 11.3. The van der Waals surface area contributed by atoms with Gasteiger partial charge in [0, 0.05) is 24.4 Å². The summed E-state index contributed by atoms with van der Waals surface area (Å²) in [6, 6.07) is 11.9. The number of amides is 3. The smallest absolute Gasteiger partial charge is 0.255 e. The summed E-state index contributed by atoms with van der Waals surface area (Å²) in [7, 11) is 0. The molecule has 0 spiro atoms. The minimum Gasteiger partial charge on any atom is -0.493 e. The number of halogens is 2. The van der Waals surface area contributed by atoms with Crippen LogP contribution in [-0.2, 0) is 9.59 Å². The highest BCUT2D eigenvalue weighted by atomic mass is 35.5. The fraction of sp³-hybridized carbons (Fsp3) is 0.348. The average Bonchev–Trinajstić information content (AvgIpc) is 2.79. The molecule has 3 N–H and O–H groups in total. The third-order valence-corrected chi connectivity index (χ3v) is 4.87. The lowest BCUT2D eigenvalue weighted by Gasteiger charge is -2.11. The van der Waals surface area contributed by atoms with Crippen LogP contribution in [0.1, 0.15) is 43.0 Å². The Morgan fingerprint density at radius 2 is 1.58 bits per heavy atom. The van der Waals surface area contributed by atoms with Crippen molar-refractivity contribution in [2.45, 2.75) is 32.6 Å². The minimum atomic E-state index is -0.350. The molecule has 0 unspecified atom stereocenters. The number of para-hydroxylation sites is 1. The van der Waals surface area contributed by atoms with Crippen molar-refractivity contribution in [3.8, 4) is 11.5 Å². The third kappa shape index (κ3) is 9.59. The van der Waals surface area contributed by atoms with Gasteiger partial charge in [0.1, 0.15) is 11.5 Å². The van der Waals surface area contributed by atoms with Gasteiger partial charge < -0.3 is 14.8 Å². The van der Waals surface area contributed by atoms with E-state index in [0.717, 1.165) is 0 Å². The predicted octanol–water partition coefficient (Wildman–Crippen LogP) is 3.91. The van der Waals surface area contributed by atoms with Crippen molar-refractivity contribution in [2.24, 2.45) is 0 Å². The van der Waals surface area contributed by atoms with E-state index in [0.29, 0.717) is 53.1 Å². The summed E-state index contributed by atoms with van der Waals surface area (Å²) in [5.74, 6) is 0.0456. The van der Waals surface area contributed by atoms with E-state index in [1.54, 1.807) is 42.5 Å². The summed E-state index contributed by atoms with van der Waals surface area (Å²) in [4.78, 5) is 36.0. The standard InChI is InChI=1S/C23H27Cl2N3O5/c1-2-32-19-8-4-3-7-17(19)23(31)26-13-5-9-21(29)27-28-22(30)10-6-14-33-20-12-11-16(24)15-18(20)25/h3-4,7-8,11-12,15H,2,5-6,9-10,13-14H2,1H3,(H,26,31)(H,27,29)(H,28,30). The van der Waals surface area contributed by atoms with E-state index in [2.05, 4.69) is 16.2 Å². The maximum atomic E-state index is 12.3. The average molecular weight is 496 g/mol. The van der Waals surface area contributed by atoms with Gasteiger partial charge in [0.2, 0.25) is 11.8 Å². The molecule has 0 saturated carbocycles. The molecule has 0 aromatic heterocycles. The molecule has 10 heteroatoms. The molecule has 3 amide bonds. The summed E-state index contributed by atoms with van der Waals surface area (Å²) in [6.45, 7) is 2.90. The second kappa shape index (κ2) is 14.2. The number of nitrogens with one attached hydrogen (secondary N) is 3.